The average Bonchev–Trinajstić information content (AvgIpc) is 3.08. The highest BCUT2D eigenvalue weighted by Gasteiger charge is 2.32. The zero-order chi connectivity index (χ0) is 23.1. The number of amides is 1. The third-order valence-corrected chi connectivity index (χ3v) is 5.70. The fourth-order valence-electron chi connectivity index (χ4n) is 2.88. The maximum atomic E-state index is 13.0. The number of carbonyl (C=O) groups excluding carboxylic acids is 2. The smallest absolute Gasteiger partial charge is 0.343 e. The van der Waals surface area contributed by atoms with Crippen molar-refractivity contribution < 1.29 is 23.8 Å². The van der Waals surface area contributed by atoms with Crippen LogP contribution in [0.1, 0.15) is 18.9 Å². The van der Waals surface area contributed by atoms with Gasteiger partial charge in [0, 0.05) is 11.6 Å². The molecule has 1 saturated heterocycles. The Hall–Kier alpha value is -2.97. The number of carbonyl (C=O) groups is 2. The molecule has 3 rings (SSSR count). The summed E-state index contributed by atoms with van der Waals surface area (Å²) in [6.07, 6.45) is 2.59. The van der Waals surface area contributed by atoms with Crippen molar-refractivity contribution in [3.05, 3.63) is 58.0 Å². The van der Waals surface area contributed by atoms with Gasteiger partial charge in [0.1, 0.15) is 0 Å². The fourth-order valence-corrected chi connectivity index (χ4v) is 4.03. The molecule has 0 saturated carbocycles. The molecule has 0 N–H and O–H groups in total. The Morgan fingerprint density at radius 2 is 1.91 bits per heavy atom. The van der Waals surface area contributed by atoms with Gasteiger partial charge in [0.25, 0.3) is 5.91 Å². The molecule has 1 aliphatic rings. The molecule has 1 amide bonds. The Labute approximate surface area is 196 Å². The zero-order valence-corrected chi connectivity index (χ0v) is 19.5. The Kier molecular flexibility index (Phi) is 8.19. The largest absolute Gasteiger partial charge is 0.493 e. The lowest BCUT2D eigenvalue weighted by atomic mass is 10.2. The van der Waals surface area contributed by atoms with E-state index in [0.717, 1.165) is 17.7 Å². The quantitative estimate of drug-likeness (QED) is 0.399. The van der Waals surface area contributed by atoms with Crippen LogP contribution in [0, 0.1) is 0 Å². The molecule has 0 atom stereocenters. The maximum absolute atomic E-state index is 13.0. The van der Waals surface area contributed by atoms with E-state index in [2.05, 4.69) is 9.73 Å². The molecule has 168 valence electrons. The summed E-state index contributed by atoms with van der Waals surface area (Å²) >= 11 is 7.27. The summed E-state index contributed by atoms with van der Waals surface area (Å²) in [4.78, 5) is 31.2. The number of nitrogens with zero attached hydrogens (tertiary/aromatic N) is 2. The number of hydrogen-bond acceptors (Lipinski definition) is 7. The summed E-state index contributed by atoms with van der Waals surface area (Å²) in [5, 5.41) is 1.25. The van der Waals surface area contributed by atoms with E-state index in [9.17, 15) is 9.59 Å². The minimum atomic E-state index is -0.491. The van der Waals surface area contributed by atoms with Crippen molar-refractivity contribution in [3.8, 4) is 11.5 Å². The molecule has 9 heteroatoms. The van der Waals surface area contributed by atoms with Crippen molar-refractivity contribution in [2.24, 2.45) is 4.99 Å². The van der Waals surface area contributed by atoms with Gasteiger partial charge >= 0.3 is 5.97 Å². The molecule has 32 heavy (non-hydrogen) atoms. The van der Waals surface area contributed by atoms with Gasteiger partial charge in [0.15, 0.2) is 23.3 Å². The number of methoxy groups -OCH3 is 2. The number of rotatable bonds is 8. The molecular formula is C23H23ClN2O5S. The van der Waals surface area contributed by atoms with Crippen molar-refractivity contribution in [2.45, 2.75) is 13.3 Å². The van der Waals surface area contributed by atoms with Gasteiger partial charge in [-0.1, -0.05) is 24.6 Å². The zero-order valence-electron chi connectivity index (χ0n) is 18.0. The van der Waals surface area contributed by atoms with E-state index < -0.39 is 5.97 Å². The van der Waals surface area contributed by atoms with E-state index in [1.54, 1.807) is 41.3 Å². The van der Waals surface area contributed by atoms with Crippen LogP contribution in [0.3, 0.4) is 0 Å². The van der Waals surface area contributed by atoms with Crippen molar-refractivity contribution in [1.82, 2.24) is 4.90 Å². The van der Waals surface area contributed by atoms with Gasteiger partial charge in [-0.3, -0.25) is 9.69 Å². The molecular weight excluding hydrogens is 452 g/mol. The van der Waals surface area contributed by atoms with Gasteiger partial charge in [-0.05, 0) is 66.2 Å². The molecule has 1 heterocycles. The normalized spacial score (nSPS) is 16.0. The van der Waals surface area contributed by atoms with Crippen molar-refractivity contribution in [2.75, 3.05) is 27.4 Å². The second kappa shape index (κ2) is 11.1. The number of ether oxygens (including phenoxy) is 3. The first kappa shape index (κ1) is 23.7. The lowest BCUT2D eigenvalue weighted by molar-refractivity contribution is -0.142. The third kappa shape index (κ3) is 5.83. The molecule has 2 aromatic carbocycles. The van der Waals surface area contributed by atoms with Crippen LogP contribution < -0.4 is 9.47 Å². The molecule has 1 fully saturated rings. The van der Waals surface area contributed by atoms with Crippen LogP contribution >= 0.6 is 23.4 Å². The predicted molar refractivity (Wildman–Crippen MR) is 127 cm³/mol. The molecule has 0 unspecified atom stereocenters. The Balaban J connectivity index is 1.86. The lowest BCUT2D eigenvalue weighted by Crippen LogP contribution is -2.29. The van der Waals surface area contributed by atoms with Gasteiger partial charge in [0.05, 0.1) is 24.8 Å². The molecule has 0 radical (unpaired) electrons. The van der Waals surface area contributed by atoms with Crippen molar-refractivity contribution in [1.29, 1.82) is 0 Å². The predicted octanol–water partition coefficient (Wildman–Crippen LogP) is 4.91. The lowest BCUT2D eigenvalue weighted by Gasteiger charge is -2.14. The highest BCUT2D eigenvalue weighted by molar-refractivity contribution is 8.18. The number of hydrogen-bond donors (Lipinski definition) is 0. The third-order valence-electron chi connectivity index (χ3n) is 4.45. The Bertz CT molecular complexity index is 1050. The number of benzene rings is 2. The van der Waals surface area contributed by atoms with Crippen LogP contribution in [0.15, 0.2) is 52.4 Å². The van der Waals surface area contributed by atoms with E-state index >= 15 is 0 Å². The highest BCUT2D eigenvalue weighted by Crippen LogP contribution is 2.36. The molecule has 1 aliphatic heterocycles. The van der Waals surface area contributed by atoms with Crippen molar-refractivity contribution in [3.63, 3.8) is 0 Å². The summed E-state index contributed by atoms with van der Waals surface area (Å²) in [7, 11) is 2.80. The average molecular weight is 475 g/mol. The maximum Gasteiger partial charge on any atom is 0.343 e. The molecule has 0 bridgehead atoms. The Morgan fingerprint density at radius 3 is 2.56 bits per heavy atom. The van der Waals surface area contributed by atoms with E-state index in [1.165, 1.54) is 26.0 Å². The first-order valence-electron chi connectivity index (χ1n) is 9.88. The minimum absolute atomic E-state index is 0.102. The van der Waals surface area contributed by atoms with Gasteiger partial charge in [-0.25, -0.2) is 9.79 Å². The fraction of sp³-hybridized carbons (Fsp3) is 0.261. The van der Waals surface area contributed by atoms with Crippen LogP contribution in [0.2, 0.25) is 5.02 Å². The van der Waals surface area contributed by atoms with E-state index in [4.69, 9.17) is 21.1 Å². The second-order valence-corrected chi connectivity index (χ2v) is 8.16. The van der Waals surface area contributed by atoms with Crippen LogP contribution in [-0.2, 0) is 14.3 Å². The van der Waals surface area contributed by atoms with E-state index in [0.29, 0.717) is 33.1 Å². The SMILES string of the molecule is CCCN1C(=O)/C(=C/c2ccc(OCC(=O)OC)c(OC)c2)SC1=Nc1ccc(Cl)cc1. The first-order chi connectivity index (χ1) is 15.4. The monoisotopic (exact) mass is 474 g/mol. The number of amidine groups is 1. The van der Waals surface area contributed by atoms with Gasteiger partial charge in [-0.15, -0.1) is 0 Å². The number of thioether (sulfide) groups is 1. The summed E-state index contributed by atoms with van der Waals surface area (Å²) in [5.74, 6) is 0.256. The minimum Gasteiger partial charge on any atom is -0.493 e. The second-order valence-electron chi connectivity index (χ2n) is 6.71. The first-order valence-corrected chi connectivity index (χ1v) is 11.1. The summed E-state index contributed by atoms with van der Waals surface area (Å²) in [6, 6.07) is 12.4. The molecule has 0 aliphatic carbocycles. The van der Waals surface area contributed by atoms with Crippen LogP contribution in [-0.4, -0.2) is 49.3 Å². The van der Waals surface area contributed by atoms with Crippen LogP contribution in [0.25, 0.3) is 6.08 Å². The molecule has 7 nitrogen and oxygen atoms in total. The van der Waals surface area contributed by atoms with Crippen LogP contribution in [0.5, 0.6) is 11.5 Å². The van der Waals surface area contributed by atoms with E-state index in [-0.39, 0.29) is 12.5 Å². The number of aliphatic imine (C=N–C) groups is 1. The van der Waals surface area contributed by atoms with Crippen molar-refractivity contribution >= 4 is 52.2 Å². The standard InChI is InChI=1S/C23H23ClN2O5S/c1-4-11-26-22(28)20(32-23(26)25-17-8-6-16(24)7-9-17)13-15-5-10-18(19(12-15)29-2)31-14-21(27)30-3/h5-10,12-13H,4,11,14H2,1-3H3/b20-13-,25-23?. The van der Waals surface area contributed by atoms with Gasteiger partial charge in [0.2, 0.25) is 0 Å². The summed E-state index contributed by atoms with van der Waals surface area (Å²) in [6.45, 7) is 2.36. The van der Waals surface area contributed by atoms with Crippen LogP contribution in [0.4, 0.5) is 5.69 Å². The molecule has 0 spiro atoms. The number of halogens is 1. The topological polar surface area (TPSA) is 77.4 Å². The van der Waals surface area contributed by atoms with E-state index in [1.807, 2.05) is 19.1 Å². The summed E-state index contributed by atoms with van der Waals surface area (Å²) < 4.78 is 15.4. The molecule has 0 aromatic heterocycles. The van der Waals surface area contributed by atoms with Gasteiger partial charge < -0.3 is 14.2 Å². The van der Waals surface area contributed by atoms with Gasteiger partial charge in [-0.2, -0.15) is 0 Å². The number of esters is 1. The Morgan fingerprint density at radius 1 is 1.16 bits per heavy atom. The molecule has 2 aromatic rings. The summed E-state index contributed by atoms with van der Waals surface area (Å²) in [5.41, 5.74) is 1.48. The highest BCUT2D eigenvalue weighted by atomic mass is 35.5.